The highest BCUT2D eigenvalue weighted by molar-refractivity contribution is 7.92. The minimum Gasteiger partial charge on any atom is -0.481 e. The van der Waals surface area contributed by atoms with Gasteiger partial charge in [-0.2, -0.15) is 0 Å². The molecular weight excluding hydrogens is 359 g/mol. The van der Waals surface area contributed by atoms with Crippen LogP contribution in [0.4, 0.5) is 0 Å². The van der Waals surface area contributed by atoms with Crippen molar-refractivity contribution in [3.8, 4) is 0 Å². The fraction of sp³-hybridized carbons (Fsp3) is 0.188. The van der Waals surface area contributed by atoms with Crippen molar-refractivity contribution in [2.45, 2.75) is 16.1 Å². The molecule has 0 aromatic heterocycles. The molecule has 4 nitrogen and oxygen atoms in total. The lowest BCUT2D eigenvalue weighted by Crippen LogP contribution is -2.13. The van der Waals surface area contributed by atoms with Crippen LogP contribution >= 0.6 is 23.2 Å². The van der Waals surface area contributed by atoms with Gasteiger partial charge in [-0.05, 0) is 42.0 Å². The lowest BCUT2D eigenvalue weighted by atomic mass is 10.1. The molecule has 1 aliphatic carbocycles. The molecule has 0 aliphatic heterocycles. The third-order valence-electron chi connectivity index (χ3n) is 3.97. The smallest absolute Gasteiger partial charge is 0.308 e. The molecule has 1 N–H and O–H groups in total. The Hall–Kier alpha value is -1.56. The first-order chi connectivity index (χ1) is 10.8. The Labute approximate surface area is 143 Å². The van der Waals surface area contributed by atoms with Crippen LogP contribution in [-0.2, 0) is 14.6 Å². The summed E-state index contributed by atoms with van der Waals surface area (Å²) in [4.78, 5) is 11.5. The Morgan fingerprint density at radius 3 is 2.22 bits per heavy atom. The molecule has 3 rings (SSSR count). The van der Waals surface area contributed by atoms with Gasteiger partial charge in [-0.25, -0.2) is 8.42 Å². The van der Waals surface area contributed by atoms with E-state index in [2.05, 4.69) is 0 Å². The van der Waals surface area contributed by atoms with Crippen molar-refractivity contribution >= 4 is 39.0 Å². The maximum atomic E-state index is 12.7. The highest BCUT2D eigenvalue weighted by Gasteiger charge is 2.63. The fourth-order valence-electron chi connectivity index (χ4n) is 2.86. The van der Waals surface area contributed by atoms with Crippen LogP contribution in [0, 0.1) is 5.92 Å². The lowest BCUT2D eigenvalue weighted by molar-refractivity contribution is -0.138. The molecule has 0 heterocycles. The minimum atomic E-state index is -3.77. The second kappa shape index (κ2) is 5.82. The predicted molar refractivity (Wildman–Crippen MR) is 87.7 cm³/mol. The molecule has 1 fully saturated rings. The molecule has 0 spiro atoms. The summed E-state index contributed by atoms with van der Waals surface area (Å²) in [5.41, 5.74) is 0.618. The van der Waals surface area contributed by atoms with Gasteiger partial charge in [-0.1, -0.05) is 35.3 Å². The first-order valence-corrected chi connectivity index (χ1v) is 9.10. The van der Waals surface area contributed by atoms with Crippen molar-refractivity contribution < 1.29 is 18.3 Å². The van der Waals surface area contributed by atoms with Crippen LogP contribution in [-0.4, -0.2) is 24.7 Å². The second-order valence-electron chi connectivity index (χ2n) is 5.41. The van der Waals surface area contributed by atoms with Crippen LogP contribution in [0.25, 0.3) is 0 Å². The normalized spacial score (nSPS) is 23.5. The van der Waals surface area contributed by atoms with E-state index >= 15 is 0 Å². The highest BCUT2D eigenvalue weighted by atomic mass is 35.5. The third kappa shape index (κ3) is 2.96. The molecule has 0 radical (unpaired) electrons. The summed E-state index contributed by atoms with van der Waals surface area (Å²) in [5, 5.41) is 9.22. The molecule has 0 bridgehead atoms. The van der Waals surface area contributed by atoms with Crippen LogP contribution in [0.5, 0.6) is 0 Å². The van der Waals surface area contributed by atoms with E-state index in [4.69, 9.17) is 23.2 Å². The molecule has 1 aliphatic rings. The molecule has 0 saturated heterocycles. The van der Waals surface area contributed by atoms with Gasteiger partial charge in [-0.3, -0.25) is 4.79 Å². The van der Waals surface area contributed by atoms with Crippen LogP contribution in [0.1, 0.15) is 11.5 Å². The van der Waals surface area contributed by atoms with Gasteiger partial charge in [0.2, 0.25) is 0 Å². The number of rotatable bonds is 4. The summed E-state index contributed by atoms with van der Waals surface area (Å²) in [7, 11) is -3.77. The fourth-order valence-corrected chi connectivity index (χ4v) is 5.30. The standard InChI is InChI=1S/C16H12Cl2O4S/c17-10-4-6-12(7-5-10)23(21,22)15-13(14(15)16(19)20)9-2-1-3-11(18)8-9/h1-8,13-15H,(H,19,20)/t13-,14+,15-/m0/s1. The third-order valence-corrected chi connectivity index (χ3v) is 6.69. The number of carboxylic acid groups (broad SMARTS) is 1. The van der Waals surface area contributed by atoms with Gasteiger partial charge >= 0.3 is 5.97 Å². The van der Waals surface area contributed by atoms with Crippen LogP contribution < -0.4 is 0 Å². The van der Waals surface area contributed by atoms with E-state index in [-0.39, 0.29) is 4.90 Å². The SMILES string of the molecule is O=C(O)[C@@H]1[C@H](c2cccc(Cl)c2)[C@@H]1S(=O)(=O)c1ccc(Cl)cc1. The maximum Gasteiger partial charge on any atom is 0.308 e. The summed E-state index contributed by atoms with van der Waals surface area (Å²) < 4.78 is 25.5. The topological polar surface area (TPSA) is 71.4 Å². The van der Waals surface area contributed by atoms with Crippen molar-refractivity contribution in [2.75, 3.05) is 0 Å². The Kier molecular flexibility index (Phi) is 4.12. The van der Waals surface area contributed by atoms with Gasteiger partial charge in [0, 0.05) is 16.0 Å². The number of benzene rings is 2. The van der Waals surface area contributed by atoms with E-state index in [0.717, 1.165) is 0 Å². The summed E-state index contributed by atoms with van der Waals surface area (Å²) in [6.07, 6.45) is 0. The molecular formula is C16H12Cl2O4S. The summed E-state index contributed by atoms with van der Waals surface area (Å²) in [6, 6.07) is 12.4. The first kappa shape index (κ1) is 16.3. The number of hydrogen-bond acceptors (Lipinski definition) is 3. The number of carbonyl (C=O) groups is 1. The zero-order valence-corrected chi connectivity index (χ0v) is 14.0. The predicted octanol–water partition coefficient (Wildman–Crippen LogP) is 3.63. The first-order valence-electron chi connectivity index (χ1n) is 6.80. The molecule has 0 amide bonds. The average molecular weight is 371 g/mol. The van der Waals surface area contributed by atoms with Crippen LogP contribution in [0.15, 0.2) is 53.4 Å². The number of aliphatic carboxylic acids is 1. The van der Waals surface area contributed by atoms with E-state index in [9.17, 15) is 18.3 Å². The largest absolute Gasteiger partial charge is 0.481 e. The second-order valence-corrected chi connectivity index (χ2v) is 8.39. The lowest BCUT2D eigenvalue weighted by Gasteiger charge is -2.04. The Balaban J connectivity index is 2.00. The number of halogens is 2. The van der Waals surface area contributed by atoms with Crippen molar-refractivity contribution in [1.82, 2.24) is 0 Å². The van der Waals surface area contributed by atoms with E-state index in [0.29, 0.717) is 15.6 Å². The van der Waals surface area contributed by atoms with Crippen molar-refractivity contribution in [2.24, 2.45) is 5.92 Å². The van der Waals surface area contributed by atoms with Gasteiger partial charge in [0.05, 0.1) is 16.1 Å². The molecule has 23 heavy (non-hydrogen) atoms. The molecule has 2 aromatic rings. The summed E-state index contributed by atoms with van der Waals surface area (Å²) in [6.45, 7) is 0. The maximum absolute atomic E-state index is 12.7. The van der Waals surface area contributed by atoms with E-state index in [1.807, 2.05) is 0 Å². The summed E-state index contributed by atoms with van der Waals surface area (Å²) >= 11 is 11.7. The Morgan fingerprint density at radius 1 is 1.00 bits per heavy atom. The van der Waals surface area contributed by atoms with E-state index in [1.165, 1.54) is 24.3 Å². The van der Waals surface area contributed by atoms with Gasteiger partial charge in [0.15, 0.2) is 9.84 Å². The Morgan fingerprint density at radius 2 is 1.65 bits per heavy atom. The van der Waals surface area contributed by atoms with Crippen molar-refractivity contribution in [3.05, 3.63) is 64.1 Å². The average Bonchev–Trinajstić information content (AvgIpc) is 3.24. The van der Waals surface area contributed by atoms with Gasteiger partial charge in [-0.15, -0.1) is 0 Å². The molecule has 0 unspecified atom stereocenters. The van der Waals surface area contributed by atoms with Gasteiger partial charge in [0.25, 0.3) is 0 Å². The van der Waals surface area contributed by atoms with Crippen molar-refractivity contribution in [1.29, 1.82) is 0 Å². The molecule has 7 heteroatoms. The number of hydrogen-bond donors (Lipinski definition) is 1. The van der Waals surface area contributed by atoms with Gasteiger partial charge < -0.3 is 5.11 Å². The highest BCUT2D eigenvalue weighted by Crippen LogP contribution is 2.54. The van der Waals surface area contributed by atoms with Gasteiger partial charge in [0.1, 0.15) is 0 Å². The molecule has 2 aromatic carbocycles. The number of carboxylic acids is 1. The zero-order chi connectivity index (χ0) is 16.8. The van der Waals surface area contributed by atoms with E-state index < -0.39 is 32.9 Å². The van der Waals surface area contributed by atoms with Crippen molar-refractivity contribution in [3.63, 3.8) is 0 Å². The molecule has 1 saturated carbocycles. The zero-order valence-electron chi connectivity index (χ0n) is 11.7. The van der Waals surface area contributed by atoms with Crippen LogP contribution in [0.2, 0.25) is 10.0 Å². The number of sulfone groups is 1. The minimum absolute atomic E-state index is 0.0719. The molecule has 3 atom stereocenters. The molecule has 120 valence electrons. The monoisotopic (exact) mass is 370 g/mol. The van der Waals surface area contributed by atoms with Crippen LogP contribution in [0.3, 0.4) is 0 Å². The van der Waals surface area contributed by atoms with E-state index in [1.54, 1.807) is 24.3 Å². The quantitative estimate of drug-likeness (QED) is 0.891. The Bertz CT molecular complexity index is 862. The summed E-state index contributed by atoms with van der Waals surface area (Å²) in [5.74, 6) is -2.71.